The highest BCUT2D eigenvalue weighted by Gasteiger charge is 2.25. The van der Waals surface area contributed by atoms with Gasteiger partial charge in [-0.05, 0) is 67.3 Å². The fourth-order valence-electron chi connectivity index (χ4n) is 3.76. The molecule has 0 spiro atoms. The Labute approximate surface area is 142 Å². The molecule has 0 aliphatic carbocycles. The Bertz CT molecular complexity index is 812. The summed E-state index contributed by atoms with van der Waals surface area (Å²) in [5, 5.41) is 1.28. The summed E-state index contributed by atoms with van der Waals surface area (Å²) in [6, 6.07) is 11.1. The summed E-state index contributed by atoms with van der Waals surface area (Å²) in [5.74, 6) is 0.920. The fraction of sp³-hybridized carbons (Fsp3) is 0.350. The van der Waals surface area contributed by atoms with E-state index in [0.29, 0.717) is 6.04 Å². The first kappa shape index (κ1) is 15.2. The molecule has 4 heteroatoms. The predicted molar refractivity (Wildman–Crippen MR) is 96.2 cm³/mol. The maximum Gasteiger partial charge on any atom is 0.119 e. The Kier molecular flexibility index (Phi) is 4.22. The van der Waals surface area contributed by atoms with Gasteiger partial charge in [-0.25, -0.2) is 0 Å². The Morgan fingerprint density at radius 1 is 1.25 bits per heavy atom. The second-order valence-corrected chi connectivity index (χ2v) is 6.55. The average Bonchev–Trinajstić information content (AvgIpc) is 3.23. The van der Waals surface area contributed by atoms with Crippen LogP contribution in [0.5, 0.6) is 5.75 Å². The maximum atomic E-state index is 5.39. The highest BCUT2D eigenvalue weighted by Crippen LogP contribution is 2.28. The first-order valence-corrected chi connectivity index (χ1v) is 8.60. The molecule has 1 unspecified atom stereocenters. The number of hydrogen-bond donors (Lipinski definition) is 1. The van der Waals surface area contributed by atoms with Crippen molar-refractivity contribution in [2.75, 3.05) is 13.7 Å². The molecule has 1 aliphatic rings. The van der Waals surface area contributed by atoms with Gasteiger partial charge in [-0.1, -0.05) is 0 Å². The molecular weight excluding hydrogens is 298 g/mol. The lowest BCUT2D eigenvalue weighted by Crippen LogP contribution is -2.30. The summed E-state index contributed by atoms with van der Waals surface area (Å²) in [6.45, 7) is 2.19. The summed E-state index contributed by atoms with van der Waals surface area (Å²) >= 11 is 0. The van der Waals surface area contributed by atoms with Crippen molar-refractivity contribution in [3.63, 3.8) is 0 Å². The largest absolute Gasteiger partial charge is 0.497 e. The molecule has 3 heterocycles. The Hall–Kier alpha value is -2.33. The van der Waals surface area contributed by atoms with Gasteiger partial charge in [0.15, 0.2) is 0 Å². The molecule has 124 valence electrons. The third-order valence-corrected chi connectivity index (χ3v) is 5.06. The van der Waals surface area contributed by atoms with Crippen LogP contribution in [0.3, 0.4) is 0 Å². The Morgan fingerprint density at radius 2 is 2.12 bits per heavy atom. The number of nitrogens with one attached hydrogen (secondary N) is 1. The zero-order valence-electron chi connectivity index (χ0n) is 14.0. The van der Waals surface area contributed by atoms with E-state index in [0.717, 1.165) is 18.7 Å². The third kappa shape index (κ3) is 3.02. The van der Waals surface area contributed by atoms with Gasteiger partial charge in [-0.15, -0.1) is 0 Å². The lowest BCUT2D eigenvalue weighted by Gasteiger charge is -2.24. The van der Waals surface area contributed by atoms with Crippen molar-refractivity contribution in [1.82, 2.24) is 14.9 Å². The molecule has 2 aromatic heterocycles. The average molecular weight is 321 g/mol. The van der Waals surface area contributed by atoms with Crippen LogP contribution >= 0.6 is 0 Å². The lowest BCUT2D eigenvalue weighted by atomic mass is 10.0. The van der Waals surface area contributed by atoms with Crippen molar-refractivity contribution in [1.29, 1.82) is 0 Å². The third-order valence-electron chi connectivity index (χ3n) is 5.06. The van der Waals surface area contributed by atoms with E-state index >= 15 is 0 Å². The van der Waals surface area contributed by atoms with Crippen molar-refractivity contribution in [2.24, 2.45) is 0 Å². The molecule has 4 nitrogen and oxygen atoms in total. The van der Waals surface area contributed by atoms with Crippen LogP contribution < -0.4 is 4.74 Å². The molecule has 1 N–H and O–H groups in total. The molecule has 1 aliphatic heterocycles. The van der Waals surface area contributed by atoms with Gasteiger partial charge in [-0.2, -0.15) is 0 Å². The highest BCUT2D eigenvalue weighted by atomic mass is 16.5. The number of benzene rings is 1. The topological polar surface area (TPSA) is 41.1 Å². The minimum absolute atomic E-state index is 0.600. The van der Waals surface area contributed by atoms with Crippen LogP contribution in [0.25, 0.3) is 10.9 Å². The number of aromatic amines is 1. The van der Waals surface area contributed by atoms with Gasteiger partial charge in [-0.3, -0.25) is 9.88 Å². The molecule has 1 aromatic carbocycles. The van der Waals surface area contributed by atoms with E-state index < -0.39 is 0 Å². The zero-order chi connectivity index (χ0) is 16.4. The lowest BCUT2D eigenvalue weighted by molar-refractivity contribution is 0.244. The first-order valence-electron chi connectivity index (χ1n) is 8.60. The number of aromatic nitrogens is 2. The van der Waals surface area contributed by atoms with Crippen LogP contribution in [0.4, 0.5) is 0 Å². The number of fused-ring (bicyclic) bond motifs is 1. The quantitative estimate of drug-likeness (QED) is 0.777. The van der Waals surface area contributed by atoms with Gasteiger partial charge >= 0.3 is 0 Å². The van der Waals surface area contributed by atoms with E-state index in [-0.39, 0.29) is 0 Å². The first-order chi connectivity index (χ1) is 11.8. The monoisotopic (exact) mass is 321 g/mol. The SMILES string of the molecule is COc1ccc2[nH]cc(CC3CCCN3Cc3ccncc3)c2c1. The van der Waals surface area contributed by atoms with E-state index in [1.165, 1.54) is 41.4 Å². The standard InChI is InChI=1S/C20H23N3O/c1-24-18-4-5-20-19(12-18)16(13-22-20)11-17-3-2-10-23(17)14-15-6-8-21-9-7-15/h4-9,12-13,17,22H,2-3,10-11,14H2,1H3. The number of ether oxygens (including phenoxy) is 1. The number of likely N-dealkylation sites (tertiary alicyclic amines) is 1. The second kappa shape index (κ2) is 6.65. The van der Waals surface area contributed by atoms with Crippen molar-refractivity contribution in [3.05, 3.63) is 60.0 Å². The smallest absolute Gasteiger partial charge is 0.119 e. The Balaban J connectivity index is 1.53. The molecule has 0 saturated carbocycles. The van der Waals surface area contributed by atoms with Crippen LogP contribution in [-0.4, -0.2) is 34.6 Å². The molecule has 1 saturated heterocycles. The number of hydrogen-bond acceptors (Lipinski definition) is 3. The zero-order valence-corrected chi connectivity index (χ0v) is 14.0. The van der Waals surface area contributed by atoms with Crippen LogP contribution in [-0.2, 0) is 13.0 Å². The molecule has 0 radical (unpaired) electrons. The number of nitrogens with zero attached hydrogens (tertiary/aromatic N) is 2. The number of pyridine rings is 1. The van der Waals surface area contributed by atoms with Gasteiger partial charge in [0.25, 0.3) is 0 Å². The summed E-state index contributed by atoms with van der Waals surface area (Å²) in [6.07, 6.45) is 9.55. The van der Waals surface area contributed by atoms with Gasteiger partial charge in [0.05, 0.1) is 7.11 Å². The summed E-state index contributed by atoms with van der Waals surface area (Å²) in [5.41, 5.74) is 3.91. The normalized spacial score (nSPS) is 18.3. The molecule has 1 atom stereocenters. The van der Waals surface area contributed by atoms with Crippen LogP contribution in [0.1, 0.15) is 24.0 Å². The minimum Gasteiger partial charge on any atom is -0.497 e. The Morgan fingerprint density at radius 3 is 2.96 bits per heavy atom. The molecule has 0 amide bonds. The van der Waals surface area contributed by atoms with Gasteiger partial charge in [0.1, 0.15) is 5.75 Å². The van der Waals surface area contributed by atoms with Crippen molar-refractivity contribution in [2.45, 2.75) is 31.8 Å². The minimum atomic E-state index is 0.600. The van der Waals surface area contributed by atoms with E-state index in [2.05, 4.69) is 45.3 Å². The molecule has 1 fully saturated rings. The van der Waals surface area contributed by atoms with E-state index in [1.54, 1.807) is 7.11 Å². The molecular formula is C20H23N3O. The molecule has 4 rings (SSSR count). The fourth-order valence-corrected chi connectivity index (χ4v) is 3.76. The summed E-state index contributed by atoms with van der Waals surface area (Å²) in [7, 11) is 1.72. The predicted octanol–water partition coefficient (Wildman–Crippen LogP) is 3.78. The van der Waals surface area contributed by atoms with Crippen molar-refractivity contribution < 1.29 is 4.74 Å². The van der Waals surface area contributed by atoms with Gasteiger partial charge in [0.2, 0.25) is 0 Å². The van der Waals surface area contributed by atoms with E-state index in [4.69, 9.17) is 4.74 Å². The molecule has 3 aromatic rings. The van der Waals surface area contributed by atoms with Gasteiger partial charge < -0.3 is 9.72 Å². The molecule has 0 bridgehead atoms. The van der Waals surface area contributed by atoms with Crippen LogP contribution in [0, 0.1) is 0 Å². The summed E-state index contributed by atoms with van der Waals surface area (Å²) < 4.78 is 5.39. The van der Waals surface area contributed by atoms with Gasteiger partial charge in [0, 0.05) is 42.1 Å². The van der Waals surface area contributed by atoms with Crippen LogP contribution in [0.2, 0.25) is 0 Å². The molecule has 24 heavy (non-hydrogen) atoms. The van der Waals surface area contributed by atoms with E-state index in [9.17, 15) is 0 Å². The number of rotatable bonds is 5. The van der Waals surface area contributed by atoms with Crippen LogP contribution in [0.15, 0.2) is 48.9 Å². The highest BCUT2D eigenvalue weighted by molar-refractivity contribution is 5.84. The van der Waals surface area contributed by atoms with E-state index in [1.807, 2.05) is 18.5 Å². The number of H-pyrrole nitrogens is 1. The maximum absolute atomic E-state index is 5.39. The summed E-state index contributed by atoms with van der Waals surface area (Å²) in [4.78, 5) is 10.1. The second-order valence-electron chi connectivity index (χ2n) is 6.55. The van der Waals surface area contributed by atoms with Crippen molar-refractivity contribution in [3.8, 4) is 5.75 Å². The number of methoxy groups -OCH3 is 1. The van der Waals surface area contributed by atoms with Crippen molar-refractivity contribution >= 4 is 10.9 Å².